The van der Waals surface area contributed by atoms with Gasteiger partial charge in [0, 0.05) is 5.92 Å². The van der Waals surface area contributed by atoms with Crippen LogP contribution in [0.1, 0.15) is 50.4 Å². The molecule has 1 heterocycles. The molecule has 1 aromatic rings. The molecule has 0 aromatic carbocycles. The van der Waals surface area contributed by atoms with Gasteiger partial charge in [-0.05, 0) is 48.6 Å². The molecular formula is C15H20O. The monoisotopic (exact) mass is 216 g/mol. The third-order valence-corrected chi connectivity index (χ3v) is 4.72. The van der Waals surface area contributed by atoms with Crippen molar-refractivity contribution < 1.29 is 4.42 Å². The molecule has 2 unspecified atom stereocenters. The molecule has 0 radical (unpaired) electrons. The number of hydrogen-bond donors (Lipinski definition) is 0. The lowest BCUT2D eigenvalue weighted by Gasteiger charge is -2.42. The van der Waals surface area contributed by atoms with Gasteiger partial charge in [0.15, 0.2) is 0 Å². The van der Waals surface area contributed by atoms with Gasteiger partial charge in [0.25, 0.3) is 0 Å². The molecule has 16 heavy (non-hydrogen) atoms. The minimum atomic E-state index is 0.428. The van der Waals surface area contributed by atoms with E-state index in [4.69, 9.17) is 4.42 Å². The van der Waals surface area contributed by atoms with E-state index in [1.807, 2.05) is 6.26 Å². The highest BCUT2D eigenvalue weighted by Gasteiger charge is 2.42. The Kier molecular flexibility index (Phi) is 2.07. The Hall–Kier alpha value is -0.980. The topological polar surface area (TPSA) is 13.1 Å². The maximum Gasteiger partial charge on any atom is 0.114 e. The summed E-state index contributed by atoms with van der Waals surface area (Å²) < 4.78 is 5.70. The highest BCUT2D eigenvalue weighted by Crippen LogP contribution is 2.53. The fraction of sp³-hybridized carbons (Fsp3) is 0.600. The predicted octanol–water partition coefficient (Wildman–Crippen LogP) is 4.30. The Labute approximate surface area is 97.5 Å². The van der Waals surface area contributed by atoms with Crippen LogP contribution in [0.15, 0.2) is 28.9 Å². The van der Waals surface area contributed by atoms with Gasteiger partial charge < -0.3 is 4.42 Å². The van der Waals surface area contributed by atoms with E-state index in [9.17, 15) is 0 Å². The van der Waals surface area contributed by atoms with Gasteiger partial charge >= 0.3 is 0 Å². The first kappa shape index (κ1) is 10.2. The summed E-state index contributed by atoms with van der Waals surface area (Å²) in [6.45, 7) is 9.16. The first-order valence-electron chi connectivity index (χ1n) is 6.34. The third kappa shape index (κ3) is 1.30. The molecule has 1 aromatic heterocycles. The van der Waals surface area contributed by atoms with Crippen molar-refractivity contribution in [1.29, 1.82) is 0 Å². The molecule has 2 atom stereocenters. The summed E-state index contributed by atoms with van der Waals surface area (Å²) >= 11 is 0. The summed E-state index contributed by atoms with van der Waals surface area (Å²) in [7, 11) is 0. The van der Waals surface area contributed by atoms with Gasteiger partial charge in [-0.25, -0.2) is 0 Å². The highest BCUT2D eigenvalue weighted by molar-refractivity contribution is 5.34. The second kappa shape index (κ2) is 3.26. The average Bonchev–Trinajstić information content (AvgIpc) is 2.61. The molecule has 3 rings (SSSR count). The van der Waals surface area contributed by atoms with Crippen LogP contribution in [0.25, 0.3) is 0 Å². The molecule has 2 bridgehead atoms. The van der Waals surface area contributed by atoms with Crippen LogP contribution >= 0.6 is 0 Å². The lowest BCUT2D eigenvalue weighted by atomic mass is 9.62. The smallest absolute Gasteiger partial charge is 0.114 e. The maximum atomic E-state index is 5.70. The van der Waals surface area contributed by atoms with Crippen molar-refractivity contribution in [2.45, 2.75) is 45.4 Å². The van der Waals surface area contributed by atoms with Crippen molar-refractivity contribution in [2.24, 2.45) is 11.3 Å². The standard InChI is InChI=1S/C15H20O/c1-10-12-6-8-15(2,3)13(10)5-4-11-7-9-16-14(11)12/h7,9,12-13H,1,4-6,8H2,2-3H3. The molecule has 0 N–H and O–H groups in total. The fourth-order valence-electron chi connectivity index (χ4n) is 3.66. The molecule has 2 aliphatic carbocycles. The van der Waals surface area contributed by atoms with Gasteiger partial charge in [-0.3, -0.25) is 0 Å². The van der Waals surface area contributed by atoms with Crippen LogP contribution in [0.5, 0.6) is 0 Å². The second-order valence-corrected chi connectivity index (χ2v) is 6.06. The molecule has 0 amide bonds. The summed E-state index contributed by atoms with van der Waals surface area (Å²) in [6.07, 6.45) is 6.76. The Morgan fingerprint density at radius 1 is 1.38 bits per heavy atom. The maximum absolute atomic E-state index is 5.70. The van der Waals surface area contributed by atoms with E-state index in [0.29, 0.717) is 17.3 Å². The van der Waals surface area contributed by atoms with Crippen LogP contribution in [0.3, 0.4) is 0 Å². The van der Waals surface area contributed by atoms with E-state index in [1.165, 1.54) is 36.2 Å². The summed E-state index contributed by atoms with van der Waals surface area (Å²) in [5, 5.41) is 0. The number of aryl methyl sites for hydroxylation is 1. The van der Waals surface area contributed by atoms with E-state index in [1.54, 1.807) is 0 Å². The Balaban J connectivity index is 2.05. The molecule has 1 nitrogen and oxygen atoms in total. The Bertz CT molecular complexity index is 424. The summed E-state index contributed by atoms with van der Waals surface area (Å²) in [4.78, 5) is 0. The second-order valence-electron chi connectivity index (χ2n) is 6.06. The van der Waals surface area contributed by atoms with Crippen molar-refractivity contribution in [3.8, 4) is 0 Å². The van der Waals surface area contributed by atoms with E-state index < -0.39 is 0 Å². The number of rotatable bonds is 0. The summed E-state index contributed by atoms with van der Waals surface area (Å²) in [6, 6.07) is 2.15. The van der Waals surface area contributed by atoms with Crippen LogP contribution in [-0.2, 0) is 6.42 Å². The first-order chi connectivity index (χ1) is 7.59. The van der Waals surface area contributed by atoms with Gasteiger partial charge in [0.2, 0.25) is 0 Å². The Morgan fingerprint density at radius 2 is 2.19 bits per heavy atom. The van der Waals surface area contributed by atoms with Crippen molar-refractivity contribution in [3.63, 3.8) is 0 Å². The van der Waals surface area contributed by atoms with Crippen LogP contribution in [0.2, 0.25) is 0 Å². The molecule has 1 fully saturated rings. The van der Waals surface area contributed by atoms with E-state index >= 15 is 0 Å². The van der Waals surface area contributed by atoms with Gasteiger partial charge in [-0.2, -0.15) is 0 Å². The van der Waals surface area contributed by atoms with Gasteiger partial charge in [-0.15, -0.1) is 0 Å². The fourth-order valence-corrected chi connectivity index (χ4v) is 3.66. The number of furan rings is 1. The number of hydrogen-bond acceptors (Lipinski definition) is 1. The molecule has 0 saturated heterocycles. The normalized spacial score (nSPS) is 32.0. The zero-order valence-corrected chi connectivity index (χ0v) is 10.3. The van der Waals surface area contributed by atoms with Crippen molar-refractivity contribution in [3.05, 3.63) is 35.8 Å². The molecule has 0 spiro atoms. The number of fused-ring (bicyclic) bond motifs is 4. The predicted molar refractivity (Wildman–Crippen MR) is 65.4 cm³/mol. The van der Waals surface area contributed by atoms with Crippen molar-refractivity contribution in [2.75, 3.05) is 0 Å². The minimum Gasteiger partial charge on any atom is -0.468 e. The van der Waals surface area contributed by atoms with Crippen molar-refractivity contribution >= 4 is 0 Å². The van der Waals surface area contributed by atoms with Crippen LogP contribution in [-0.4, -0.2) is 0 Å². The molecule has 2 aliphatic rings. The lowest BCUT2D eigenvalue weighted by molar-refractivity contribution is 0.170. The Morgan fingerprint density at radius 3 is 3.00 bits per heavy atom. The minimum absolute atomic E-state index is 0.428. The molecular weight excluding hydrogens is 196 g/mol. The summed E-state index contributed by atoms with van der Waals surface area (Å²) in [5.41, 5.74) is 3.27. The summed E-state index contributed by atoms with van der Waals surface area (Å²) in [5.74, 6) is 2.38. The van der Waals surface area contributed by atoms with Gasteiger partial charge in [-0.1, -0.05) is 26.0 Å². The quantitative estimate of drug-likeness (QED) is 0.589. The number of allylic oxidation sites excluding steroid dienone is 1. The van der Waals surface area contributed by atoms with E-state index in [0.717, 1.165) is 6.42 Å². The molecule has 0 aliphatic heterocycles. The highest BCUT2D eigenvalue weighted by atomic mass is 16.3. The molecule has 1 heteroatoms. The lowest BCUT2D eigenvalue weighted by Crippen LogP contribution is -2.32. The molecule has 1 saturated carbocycles. The van der Waals surface area contributed by atoms with Gasteiger partial charge in [0.1, 0.15) is 5.76 Å². The zero-order chi connectivity index (χ0) is 11.3. The SMILES string of the molecule is C=C1C2CCC(C)(C)C1CCc1ccoc12. The molecule has 86 valence electrons. The van der Waals surface area contributed by atoms with E-state index in [2.05, 4.69) is 26.5 Å². The average molecular weight is 216 g/mol. The van der Waals surface area contributed by atoms with Crippen LogP contribution in [0.4, 0.5) is 0 Å². The van der Waals surface area contributed by atoms with Crippen molar-refractivity contribution in [1.82, 2.24) is 0 Å². The van der Waals surface area contributed by atoms with Crippen LogP contribution in [0, 0.1) is 11.3 Å². The van der Waals surface area contributed by atoms with Crippen LogP contribution < -0.4 is 0 Å². The zero-order valence-electron chi connectivity index (χ0n) is 10.3. The van der Waals surface area contributed by atoms with E-state index in [-0.39, 0.29) is 0 Å². The third-order valence-electron chi connectivity index (χ3n) is 4.72. The first-order valence-corrected chi connectivity index (χ1v) is 6.34. The largest absolute Gasteiger partial charge is 0.468 e. The van der Waals surface area contributed by atoms with Gasteiger partial charge in [0.05, 0.1) is 6.26 Å².